The molecule has 0 aliphatic heterocycles. The lowest BCUT2D eigenvalue weighted by atomic mass is 9.78. The van der Waals surface area contributed by atoms with Crippen LogP contribution in [0.25, 0.3) is 0 Å². The Morgan fingerprint density at radius 2 is 1.85 bits per heavy atom. The van der Waals surface area contributed by atoms with Gasteiger partial charge in [0, 0.05) is 20.2 Å². The molecule has 0 heterocycles. The monoisotopic (exact) mass is 285 g/mol. The molecule has 0 unspecified atom stereocenters. The molecule has 5 nitrogen and oxygen atoms in total. The number of amides is 1. The van der Waals surface area contributed by atoms with Crippen molar-refractivity contribution >= 4 is 11.9 Å². The van der Waals surface area contributed by atoms with Gasteiger partial charge in [-0.3, -0.25) is 9.59 Å². The summed E-state index contributed by atoms with van der Waals surface area (Å²) in [5.74, 6) is -1.37. The third-order valence-electron chi connectivity index (χ3n) is 3.86. The van der Waals surface area contributed by atoms with Gasteiger partial charge < -0.3 is 14.7 Å². The third kappa shape index (κ3) is 4.78. The van der Waals surface area contributed by atoms with E-state index in [-0.39, 0.29) is 11.8 Å². The minimum absolute atomic E-state index is 0.0112. The summed E-state index contributed by atoms with van der Waals surface area (Å²) in [4.78, 5) is 25.8. The molecule has 1 saturated carbocycles. The standard InChI is InChI=1S/C15H27NO4/c1-11(2)10-16(8-9-20-3)14(17)12-6-4-5-7-13(12)15(18)19/h11-13H,4-10H2,1-3H3,(H,18,19)/t12-,13+/m1/s1. The maximum Gasteiger partial charge on any atom is 0.307 e. The van der Waals surface area contributed by atoms with Crippen LogP contribution in [0.2, 0.25) is 0 Å². The number of nitrogens with zero attached hydrogens (tertiary/aromatic N) is 1. The number of carboxylic acids is 1. The minimum atomic E-state index is -0.834. The summed E-state index contributed by atoms with van der Waals surface area (Å²) >= 11 is 0. The molecule has 1 N–H and O–H groups in total. The van der Waals surface area contributed by atoms with E-state index in [0.717, 1.165) is 12.8 Å². The number of carbonyl (C=O) groups is 2. The second kappa shape index (κ2) is 8.25. The van der Waals surface area contributed by atoms with Crippen molar-refractivity contribution in [3.05, 3.63) is 0 Å². The summed E-state index contributed by atoms with van der Waals surface area (Å²) in [5, 5.41) is 9.30. The zero-order valence-corrected chi connectivity index (χ0v) is 12.8. The molecule has 2 atom stereocenters. The highest BCUT2D eigenvalue weighted by atomic mass is 16.5. The Labute approximate surface area is 121 Å². The highest BCUT2D eigenvalue weighted by molar-refractivity contribution is 5.85. The number of hydrogen-bond acceptors (Lipinski definition) is 3. The van der Waals surface area contributed by atoms with Gasteiger partial charge in [-0.25, -0.2) is 0 Å². The first-order valence-corrected chi connectivity index (χ1v) is 7.47. The lowest BCUT2D eigenvalue weighted by molar-refractivity contribution is -0.152. The van der Waals surface area contributed by atoms with E-state index in [2.05, 4.69) is 13.8 Å². The van der Waals surface area contributed by atoms with Crippen LogP contribution < -0.4 is 0 Å². The number of rotatable bonds is 7. The summed E-state index contributed by atoms with van der Waals surface area (Å²) in [6, 6.07) is 0. The Bertz CT molecular complexity index is 330. The fourth-order valence-corrected chi connectivity index (χ4v) is 2.89. The highest BCUT2D eigenvalue weighted by Gasteiger charge is 2.37. The van der Waals surface area contributed by atoms with Gasteiger partial charge in [-0.15, -0.1) is 0 Å². The van der Waals surface area contributed by atoms with Crippen molar-refractivity contribution in [2.75, 3.05) is 26.8 Å². The van der Waals surface area contributed by atoms with E-state index >= 15 is 0 Å². The van der Waals surface area contributed by atoms with Gasteiger partial charge in [0.1, 0.15) is 0 Å². The van der Waals surface area contributed by atoms with Crippen molar-refractivity contribution in [3.63, 3.8) is 0 Å². The van der Waals surface area contributed by atoms with Crippen LogP contribution in [0.4, 0.5) is 0 Å². The van der Waals surface area contributed by atoms with E-state index in [1.807, 2.05) is 0 Å². The van der Waals surface area contributed by atoms with Gasteiger partial charge in [0.05, 0.1) is 18.4 Å². The molecule has 5 heteroatoms. The lowest BCUT2D eigenvalue weighted by Gasteiger charge is -2.33. The van der Waals surface area contributed by atoms with Crippen molar-refractivity contribution < 1.29 is 19.4 Å². The molecule has 1 rings (SSSR count). The number of carbonyl (C=O) groups excluding carboxylic acids is 1. The summed E-state index contributed by atoms with van der Waals surface area (Å²) in [6.45, 7) is 5.80. The molecular formula is C15H27NO4. The number of methoxy groups -OCH3 is 1. The lowest BCUT2D eigenvalue weighted by Crippen LogP contribution is -2.45. The van der Waals surface area contributed by atoms with E-state index in [0.29, 0.717) is 38.5 Å². The molecule has 0 aromatic heterocycles. The normalized spacial score (nSPS) is 22.8. The Kier molecular flexibility index (Phi) is 6.99. The van der Waals surface area contributed by atoms with Crippen molar-refractivity contribution in [2.45, 2.75) is 39.5 Å². The molecule has 0 radical (unpaired) electrons. The Morgan fingerprint density at radius 3 is 2.35 bits per heavy atom. The van der Waals surface area contributed by atoms with Crippen LogP contribution in [-0.4, -0.2) is 48.7 Å². The zero-order valence-electron chi connectivity index (χ0n) is 12.8. The molecule has 1 aliphatic carbocycles. The second-order valence-electron chi connectivity index (χ2n) is 6.01. The first-order valence-electron chi connectivity index (χ1n) is 7.47. The number of carboxylic acid groups (broad SMARTS) is 1. The fraction of sp³-hybridized carbons (Fsp3) is 0.867. The number of aliphatic carboxylic acids is 1. The quantitative estimate of drug-likeness (QED) is 0.777. The van der Waals surface area contributed by atoms with Crippen LogP contribution in [0.3, 0.4) is 0 Å². The van der Waals surface area contributed by atoms with Gasteiger partial charge >= 0.3 is 5.97 Å². The third-order valence-corrected chi connectivity index (χ3v) is 3.86. The van der Waals surface area contributed by atoms with Gasteiger partial charge in [-0.2, -0.15) is 0 Å². The zero-order chi connectivity index (χ0) is 15.1. The summed E-state index contributed by atoms with van der Waals surface area (Å²) in [6.07, 6.45) is 3.16. The number of ether oxygens (including phenoxy) is 1. The van der Waals surface area contributed by atoms with E-state index in [4.69, 9.17) is 4.74 Å². The van der Waals surface area contributed by atoms with E-state index in [1.54, 1.807) is 12.0 Å². The van der Waals surface area contributed by atoms with Crippen molar-refractivity contribution in [1.82, 2.24) is 4.90 Å². The van der Waals surface area contributed by atoms with Gasteiger partial charge in [0.15, 0.2) is 0 Å². The molecule has 0 bridgehead atoms. The van der Waals surface area contributed by atoms with E-state index in [9.17, 15) is 14.7 Å². The summed E-state index contributed by atoms with van der Waals surface area (Å²) < 4.78 is 5.06. The van der Waals surface area contributed by atoms with Gasteiger partial charge in [-0.05, 0) is 18.8 Å². The SMILES string of the molecule is COCCN(CC(C)C)C(=O)[C@@H]1CCCC[C@@H]1C(=O)O. The highest BCUT2D eigenvalue weighted by Crippen LogP contribution is 2.31. The van der Waals surface area contributed by atoms with Crippen LogP contribution >= 0.6 is 0 Å². The molecule has 1 fully saturated rings. The molecule has 20 heavy (non-hydrogen) atoms. The van der Waals surface area contributed by atoms with Crippen LogP contribution in [0.1, 0.15) is 39.5 Å². The van der Waals surface area contributed by atoms with Crippen LogP contribution in [0, 0.1) is 17.8 Å². The molecule has 1 amide bonds. The van der Waals surface area contributed by atoms with Crippen molar-refractivity contribution in [1.29, 1.82) is 0 Å². The molecule has 0 aromatic rings. The summed E-state index contributed by atoms with van der Waals surface area (Å²) in [5.41, 5.74) is 0. The first-order chi connectivity index (χ1) is 9.47. The van der Waals surface area contributed by atoms with Gasteiger partial charge in [-0.1, -0.05) is 26.7 Å². The molecule has 0 spiro atoms. The van der Waals surface area contributed by atoms with E-state index < -0.39 is 11.9 Å². The van der Waals surface area contributed by atoms with Crippen LogP contribution in [0.15, 0.2) is 0 Å². The smallest absolute Gasteiger partial charge is 0.307 e. The van der Waals surface area contributed by atoms with Crippen molar-refractivity contribution in [3.8, 4) is 0 Å². The average molecular weight is 285 g/mol. The molecule has 0 aromatic carbocycles. The molecule has 116 valence electrons. The van der Waals surface area contributed by atoms with Crippen LogP contribution in [-0.2, 0) is 14.3 Å². The minimum Gasteiger partial charge on any atom is -0.481 e. The maximum absolute atomic E-state index is 12.7. The molecule has 1 aliphatic rings. The number of hydrogen-bond donors (Lipinski definition) is 1. The first kappa shape index (κ1) is 17.0. The second-order valence-corrected chi connectivity index (χ2v) is 6.01. The average Bonchev–Trinajstić information content (AvgIpc) is 2.42. The van der Waals surface area contributed by atoms with Gasteiger partial charge in [0.2, 0.25) is 5.91 Å². The van der Waals surface area contributed by atoms with E-state index in [1.165, 1.54) is 0 Å². The Morgan fingerprint density at radius 1 is 1.25 bits per heavy atom. The summed E-state index contributed by atoms with van der Waals surface area (Å²) in [7, 11) is 1.61. The van der Waals surface area contributed by atoms with Crippen LogP contribution in [0.5, 0.6) is 0 Å². The Hall–Kier alpha value is -1.10. The maximum atomic E-state index is 12.7. The fourth-order valence-electron chi connectivity index (χ4n) is 2.89. The predicted molar refractivity (Wildman–Crippen MR) is 76.4 cm³/mol. The molecule has 0 saturated heterocycles. The molecular weight excluding hydrogens is 258 g/mol. The van der Waals surface area contributed by atoms with Crippen molar-refractivity contribution in [2.24, 2.45) is 17.8 Å². The topological polar surface area (TPSA) is 66.8 Å². The van der Waals surface area contributed by atoms with Gasteiger partial charge in [0.25, 0.3) is 0 Å². The largest absolute Gasteiger partial charge is 0.481 e. The predicted octanol–water partition coefficient (Wildman–Crippen LogP) is 2.01. The Balaban J connectivity index is 2.76.